The number of carbonyl (C=O) groups excluding carboxylic acids is 1. The predicted molar refractivity (Wildman–Crippen MR) is 58.5 cm³/mol. The molecule has 3 unspecified atom stereocenters. The van der Waals surface area contributed by atoms with E-state index in [2.05, 4.69) is 25.7 Å². The summed E-state index contributed by atoms with van der Waals surface area (Å²) in [5.74, 6) is 0.101. The third-order valence-electron chi connectivity index (χ3n) is 3.82. The third kappa shape index (κ3) is 1.67. The van der Waals surface area contributed by atoms with Crippen LogP contribution in [0.25, 0.3) is 0 Å². The molecule has 0 aliphatic carbocycles. The van der Waals surface area contributed by atoms with Crippen molar-refractivity contribution in [2.45, 2.75) is 57.7 Å². The largest absolute Gasteiger partial charge is 0.469 e. The highest BCUT2D eigenvalue weighted by atomic mass is 16.5. The summed E-state index contributed by atoms with van der Waals surface area (Å²) in [7, 11) is 1.50. The lowest BCUT2D eigenvalue weighted by atomic mass is 9.89. The van der Waals surface area contributed by atoms with Gasteiger partial charge < -0.3 is 4.74 Å². The number of nitrogens with zero attached hydrogens (tertiary/aromatic N) is 1. The molecule has 3 heteroatoms. The Kier molecular flexibility index (Phi) is 2.53. The topological polar surface area (TPSA) is 29.5 Å². The summed E-state index contributed by atoms with van der Waals surface area (Å²) in [6.07, 6.45) is 3.39. The SMILES string of the molecule is COC(=O)C1CC2CCC1N2C(C)(C)C. The number of hydrogen-bond acceptors (Lipinski definition) is 3. The summed E-state index contributed by atoms with van der Waals surface area (Å²) in [5.41, 5.74) is 0.175. The van der Waals surface area contributed by atoms with Crippen molar-refractivity contribution in [3.63, 3.8) is 0 Å². The molecule has 2 rings (SSSR count). The summed E-state index contributed by atoms with van der Waals surface area (Å²) in [6.45, 7) is 6.70. The number of rotatable bonds is 1. The smallest absolute Gasteiger partial charge is 0.310 e. The van der Waals surface area contributed by atoms with E-state index in [1.165, 1.54) is 13.5 Å². The lowest BCUT2D eigenvalue weighted by Crippen LogP contribution is -2.46. The van der Waals surface area contributed by atoms with E-state index in [4.69, 9.17) is 4.74 Å². The Bertz CT molecular complexity index is 269. The second-order valence-corrected chi connectivity index (χ2v) is 5.74. The van der Waals surface area contributed by atoms with Gasteiger partial charge in [-0.1, -0.05) is 0 Å². The average Bonchev–Trinajstić information content (AvgIpc) is 2.71. The van der Waals surface area contributed by atoms with Crippen molar-refractivity contribution < 1.29 is 9.53 Å². The molecule has 0 N–H and O–H groups in total. The maximum absolute atomic E-state index is 11.6. The first-order chi connectivity index (χ1) is 6.95. The van der Waals surface area contributed by atoms with Crippen molar-refractivity contribution in [1.82, 2.24) is 4.90 Å². The number of methoxy groups -OCH3 is 1. The summed E-state index contributed by atoms with van der Waals surface area (Å²) < 4.78 is 4.88. The van der Waals surface area contributed by atoms with Crippen molar-refractivity contribution in [3.8, 4) is 0 Å². The molecule has 2 fully saturated rings. The zero-order valence-corrected chi connectivity index (χ0v) is 10.1. The number of esters is 1. The Balaban J connectivity index is 2.16. The van der Waals surface area contributed by atoms with Crippen LogP contribution in [0.3, 0.4) is 0 Å². The van der Waals surface area contributed by atoms with Crippen LogP contribution in [0.2, 0.25) is 0 Å². The molecular formula is C12H21NO2. The van der Waals surface area contributed by atoms with Crippen LogP contribution in [0.5, 0.6) is 0 Å². The molecular weight excluding hydrogens is 190 g/mol. The van der Waals surface area contributed by atoms with Crippen LogP contribution in [-0.2, 0) is 9.53 Å². The van der Waals surface area contributed by atoms with Gasteiger partial charge in [0.05, 0.1) is 13.0 Å². The van der Waals surface area contributed by atoms with Gasteiger partial charge in [0.15, 0.2) is 0 Å². The standard InChI is InChI=1S/C12H21NO2/c1-12(2,3)13-8-5-6-10(13)9(7-8)11(14)15-4/h8-10H,5-7H2,1-4H3. The summed E-state index contributed by atoms with van der Waals surface area (Å²) in [6, 6.07) is 1.02. The van der Waals surface area contributed by atoms with E-state index in [1.54, 1.807) is 0 Å². The number of ether oxygens (including phenoxy) is 1. The Hall–Kier alpha value is -0.570. The van der Waals surface area contributed by atoms with Gasteiger partial charge in [-0.15, -0.1) is 0 Å². The second kappa shape index (κ2) is 3.48. The summed E-state index contributed by atoms with van der Waals surface area (Å²) in [5, 5.41) is 0. The van der Waals surface area contributed by atoms with Crippen molar-refractivity contribution in [2.75, 3.05) is 7.11 Å². The molecule has 3 nitrogen and oxygen atoms in total. The van der Waals surface area contributed by atoms with Crippen LogP contribution >= 0.6 is 0 Å². The van der Waals surface area contributed by atoms with Crippen molar-refractivity contribution in [2.24, 2.45) is 5.92 Å². The average molecular weight is 211 g/mol. The highest BCUT2D eigenvalue weighted by Gasteiger charge is 2.52. The van der Waals surface area contributed by atoms with Gasteiger partial charge in [-0.2, -0.15) is 0 Å². The first kappa shape index (κ1) is 10.9. The van der Waals surface area contributed by atoms with Crippen LogP contribution in [0.1, 0.15) is 40.0 Å². The molecule has 2 heterocycles. The van der Waals surface area contributed by atoms with E-state index >= 15 is 0 Å². The van der Waals surface area contributed by atoms with Gasteiger partial charge in [-0.25, -0.2) is 0 Å². The van der Waals surface area contributed by atoms with Gasteiger partial charge in [0.2, 0.25) is 0 Å². The molecule has 86 valence electrons. The van der Waals surface area contributed by atoms with Gasteiger partial charge >= 0.3 is 5.97 Å². The van der Waals surface area contributed by atoms with E-state index in [0.717, 1.165) is 12.8 Å². The van der Waals surface area contributed by atoms with Crippen molar-refractivity contribution in [3.05, 3.63) is 0 Å². The van der Waals surface area contributed by atoms with E-state index in [0.29, 0.717) is 12.1 Å². The molecule has 0 radical (unpaired) electrons. The predicted octanol–water partition coefficient (Wildman–Crippen LogP) is 1.81. The van der Waals surface area contributed by atoms with Gasteiger partial charge in [0.1, 0.15) is 0 Å². The van der Waals surface area contributed by atoms with Crippen LogP contribution in [0.15, 0.2) is 0 Å². The zero-order valence-electron chi connectivity index (χ0n) is 10.1. The lowest BCUT2D eigenvalue weighted by molar-refractivity contribution is -0.146. The Morgan fingerprint density at radius 3 is 2.47 bits per heavy atom. The Morgan fingerprint density at radius 1 is 1.33 bits per heavy atom. The quantitative estimate of drug-likeness (QED) is 0.619. The van der Waals surface area contributed by atoms with Crippen LogP contribution in [0.4, 0.5) is 0 Å². The van der Waals surface area contributed by atoms with Crippen LogP contribution < -0.4 is 0 Å². The third-order valence-corrected chi connectivity index (χ3v) is 3.82. The Morgan fingerprint density at radius 2 is 2.00 bits per heavy atom. The van der Waals surface area contributed by atoms with Crippen molar-refractivity contribution in [1.29, 1.82) is 0 Å². The van der Waals surface area contributed by atoms with E-state index < -0.39 is 0 Å². The zero-order chi connectivity index (χ0) is 11.2. The van der Waals surface area contributed by atoms with Gasteiger partial charge in [0, 0.05) is 17.6 Å². The van der Waals surface area contributed by atoms with Crippen LogP contribution in [0, 0.1) is 5.92 Å². The Labute approximate surface area is 91.8 Å². The fraction of sp³-hybridized carbons (Fsp3) is 0.917. The first-order valence-corrected chi connectivity index (χ1v) is 5.81. The number of fused-ring (bicyclic) bond motifs is 2. The molecule has 0 aromatic heterocycles. The number of carbonyl (C=O) groups is 1. The maximum Gasteiger partial charge on any atom is 0.310 e. The minimum absolute atomic E-state index is 0.0172. The molecule has 0 spiro atoms. The van der Waals surface area contributed by atoms with Gasteiger partial charge in [-0.3, -0.25) is 9.69 Å². The lowest BCUT2D eigenvalue weighted by Gasteiger charge is -2.36. The summed E-state index contributed by atoms with van der Waals surface area (Å²) >= 11 is 0. The highest BCUT2D eigenvalue weighted by molar-refractivity contribution is 5.74. The molecule has 2 aliphatic rings. The minimum atomic E-state index is -0.0172. The molecule has 2 aliphatic heterocycles. The van der Waals surface area contributed by atoms with Gasteiger partial charge in [-0.05, 0) is 40.0 Å². The molecule has 15 heavy (non-hydrogen) atoms. The molecule has 0 amide bonds. The monoisotopic (exact) mass is 211 g/mol. The van der Waals surface area contributed by atoms with Gasteiger partial charge in [0.25, 0.3) is 0 Å². The molecule has 3 atom stereocenters. The fourth-order valence-electron chi connectivity index (χ4n) is 3.44. The number of hydrogen-bond donors (Lipinski definition) is 0. The molecule has 2 saturated heterocycles. The molecule has 0 saturated carbocycles. The van der Waals surface area contributed by atoms with E-state index in [-0.39, 0.29) is 17.4 Å². The second-order valence-electron chi connectivity index (χ2n) is 5.74. The van der Waals surface area contributed by atoms with Crippen LogP contribution in [-0.4, -0.2) is 35.6 Å². The maximum atomic E-state index is 11.6. The minimum Gasteiger partial charge on any atom is -0.469 e. The first-order valence-electron chi connectivity index (χ1n) is 5.81. The molecule has 0 aromatic rings. The normalized spacial score (nSPS) is 35.9. The van der Waals surface area contributed by atoms with Crippen molar-refractivity contribution >= 4 is 5.97 Å². The summed E-state index contributed by atoms with van der Waals surface area (Å²) in [4.78, 5) is 14.1. The fourth-order valence-corrected chi connectivity index (χ4v) is 3.44. The highest BCUT2D eigenvalue weighted by Crippen LogP contribution is 2.45. The van der Waals surface area contributed by atoms with E-state index in [9.17, 15) is 4.79 Å². The molecule has 2 bridgehead atoms. The van der Waals surface area contributed by atoms with E-state index in [1.807, 2.05) is 0 Å². The molecule has 0 aromatic carbocycles.